The third-order valence-corrected chi connectivity index (χ3v) is 9.42. The van der Waals surface area contributed by atoms with Crippen molar-refractivity contribution in [3.8, 4) is 23.0 Å². The summed E-state index contributed by atoms with van der Waals surface area (Å²) in [7, 11) is 0. The van der Waals surface area contributed by atoms with E-state index in [1.54, 1.807) is 6.07 Å². The highest BCUT2D eigenvalue weighted by atomic mass is 19.1. The number of amides is 1. The van der Waals surface area contributed by atoms with Crippen molar-refractivity contribution >= 4 is 33.5 Å². The SMILES string of the molecule is C=C(F)C(=O)N1CCN(c2nc(OC[C@@]34CCCN3C[C@H](F)C4)nc3nc(-c4cc(O)cc5cccc(F)c45)c(F)cc23)[C@H](C)C1. The van der Waals surface area contributed by atoms with Crippen molar-refractivity contribution < 1.29 is 32.2 Å². The van der Waals surface area contributed by atoms with Gasteiger partial charge in [0.1, 0.15) is 41.7 Å². The van der Waals surface area contributed by atoms with E-state index < -0.39 is 35.1 Å². The molecule has 2 aromatic carbocycles. The van der Waals surface area contributed by atoms with E-state index >= 15 is 8.78 Å². The summed E-state index contributed by atoms with van der Waals surface area (Å²) in [5.41, 5.74) is -0.605. The van der Waals surface area contributed by atoms with Gasteiger partial charge in [-0.2, -0.15) is 9.97 Å². The first-order valence-corrected chi connectivity index (χ1v) is 15.2. The van der Waals surface area contributed by atoms with E-state index in [1.165, 1.54) is 35.2 Å². The number of hydrogen-bond acceptors (Lipinski definition) is 8. The predicted octanol–water partition coefficient (Wildman–Crippen LogP) is 5.30. The molecule has 1 N–H and O–H groups in total. The molecule has 0 spiro atoms. The van der Waals surface area contributed by atoms with Crippen LogP contribution in [-0.4, -0.2) is 92.8 Å². The van der Waals surface area contributed by atoms with Gasteiger partial charge in [-0.3, -0.25) is 9.69 Å². The second kappa shape index (κ2) is 11.4. The summed E-state index contributed by atoms with van der Waals surface area (Å²) in [6.07, 6.45) is 1.07. The molecule has 0 bridgehead atoms. The summed E-state index contributed by atoms with van der Waals surface area (Å²) in [5.74, 6) is -3.16. The Morgan fingerprint density at radius 2 is 1.93 bits per heavy atom. The number of fused-ring (bicyclic) bond motifs is 3. The van der Waals surface area contributed by atoms with E-state index in [1.807, 2.05) is 11.8 Å². The van der Waals surface area contributed by atoms with Crippen LogP contribution >= 0.6 is 0 Å². The topological polar surface area (TPSA) is 94.9 Å². The Morgan fingerprint density at radius 1 is 1.11 bits per heavy atom. The number of aromatic hydroxyl groups is 1. The van der Waals surface area contributed by atoms with Crippen molar-refractivity contribution in [2.24, 2.45) is 0 Å². The highest BCUT2D eigenvalue weighted by Crippen LogP contribution is 2.41. The first kappa shape index (κ1) is 30.2. The third kappa shape index (κ3) is 5.16. The molecule has 0 saturated carbocycles. The molecule has 1 amide bonds. The second-order valence-electron chi connectivity index (χ2n) is 12.4. The normalized spacial score (nSPS) is 23.3. The molecule has 3 aliphatic heterocycles. The first-order valence-electron chi connectivity index (χ1n) is 15.2. The van der Waals surface area contributed by atoms with Gasteiger partial charge in [0.15, 0.2) is 11.5 Å². The van der Waals surface area contributed by atoms with Gasteiger partial charge in [0.05, 0.1) is 10.9 Å². The molecule has 4 aromatic rings. The number of phenolic OH excluding ortho intramolecular Hbond substituents is 1. The third-order valence-electron chi connectivity index (χ3n) is 9.42. The average molecular weight is 637 g/mol. The number of anilines is 1. The summed E-state index contributed by atoms with van der Waals surface area (Å²) in [6, 6.07) is 7.76. The highest BCUT2D eigenvalue weighted by Gasteiger charge is 2.49. The summed E-state index contributed by atoms with van der Waals surface area (Å²) < 4.78 is 65.3. The van der Waals surface area contributed by atoms with Gasteiger partial charge in [0, 0.05) is 49.6 Å². The van der Waals surface area contributed by atoms with E-state index in [0.717, 1.165) is 19.4 Å². The van der Waals surface area contributed by atoms with Gasteiger partial charge in [-0.15, -0.1) is 0 Å². The lowest BCUT2D eigenvalue weighted by molar-refractivity contribution is -0.129. The van der Waals surface area contributed by atoms with Crippen molar-refractivity contribution in [3.05, 3.63) is 60.4 Å². The standard InChI is InChI=1S/C33H32F4N6O3/c1-18-15-41(31(45)19(2)34)9-10-43(18)30-24-13-26(37)28(23-12-22(44)11-20-5-3-6-25(36)27(20)23)38-29(24)39-32(40-30)46-17-33-7-4-8-42(33)16-21(35)14-33/h3,5-6,11-13,18,21,44H,2,4,7-10,14-17H2,1H3/t18-,21-,33+/m1/s1. The summed E-state index contributed by atoms with van der Waals surface area (Å²) in [5, 5.41) is 11.1. The number of rotatable bonds is 6. The van der Waals surface area contributed by atoms with E-state index in [-0.39, 0.29) is 71.7 Å². The fourth-order valence-corrected chi connectivity index (χ4v) is 7.30. The smallest absolute Gasteiger partial charge is 0.320 e. The Bertz CT molecular complexity index is 1890. The summed E-state index contributed by atoms with van der Waals surface area (Å²) in [6.45, 7) is 6.75. The molecule has 5 heterocycles. The summed E-state index contributed by atoms with van der Waals surface area (Å²) in [4.78, 5) is 31.3. The number of carbonyl (C=O) groups excluding carboxylic acids is 1. The Hall–Kier alpha value is -4.52. The molecule has 3 aliphatic rings. The van der Waals surface area contributed by atoms with E-state index in [9.17, 15) is 18.7 Å². The Morgan fingerprint density at radius 3 is 2.72 bits per heavy atom. The molecule has 3 atom stereocenters. The minimum Gasteiger partial charge on any atom is -0.508 e. The molecule has 46 heavy (non-hydrogen) atoms. The number of halogens is 4. The Labute approximate surface area is 262 Å². The lowest BCUT2D eigenvalue weighted by atomic mass is 9.95. The van der Waals surface area contributed by atoms with Gasteiger partial charge in [0.2, 0.25) is 0 Å². The van der Waals surface area contributed by atoms with Gasteiger partial charge >= 0.3 is 6.01 Å². The van der Waals surface area contributed by atoms with Crippen molar-refractivity contribution in [1.82, 2.24) is 24.8 Å². The maximum atomic E-state index is 16.0. The Balaban J connectivity index is 1.33. The minimum atomic E-state index is -1.05. The number of benzene rings is 2. The van der Waals surface area contributed by atoms with E-state index in [0.29, 0.717) is 24.2 Å². The number of carbonyl (C=O) groups is 1. The minimum absolute atomic E-state index is 0.0440. The van der Waals surface area contributed by atoms with Crippen molar-refractivity contribution in [2.45, 2.75) is 43.9 Å². The van der Waals surface area contributed by atoms with Crippen molar-refractivity contribution in [2.75, 3.05) is 44.2 Å². The number of piperazine rings is 1. The van der Waals surface area contributed by atoms with Gasteiger partial charge in [0.25, 0.3) is 5.91 Å². The number of aromatic nitrogens is 3. The Kier molecular flexibility index (Phi) is 7.46. The monoisotopic (exact) mass is 636 g/mol. The number of hydrogen-bond donors (Lipinski definition) is 1. The fourth-order valence-electron chi connectivity index (χ4n) is 7.30. The van der Waals surface area contributed by atoms with E-state index in [2.05, 4.69) is 26.4 Å². The molecular weight excluding hydrogens is 604 g/mol. The predicted molar refractivity (Wildman–Crippen MR) is 164 cm³/mol. The van der Waals surface area contributed by atoms with Crippen LogP contribution in [0.1, 0.15) is 26.2 Å². The van der Waals surface area contributed by atoms with Crippen LogP contribution in [-0.2, 0) is 4.79 Å². The van der Waals surface area contributed by atoms with Gasteiger partial charge in [-0.05, 0) is 56.0 Å². The molecule has 7 rings (SSSR count). The van der Waals surface area contributed by atoms with Crippen LogP contribution in [0.2, 0.25) is 0 Å². The quantitative estimate of drug-likeness (QED) is 0.225. The van der Waals surface area contributed by atoms with Gasteiger partial charge < -0.3 is 19.6 Å². The largest absolute Gasteiger partial charge is 0.508 e. The molecule has 3 saturated heterocycles. The van der Waals surface area contributed by atoms with Crippen LogP contribution in [0.5, 0.6) is 11.8 Å². The van der Waals surface area contributed by atoms with Crippen LogP contribution in [0.15, 0.2) is 48.8 Å². The van der Waals surface area contributed by atoms with Crippen molar-refractivity contribution in [1.29, 1.82) is 0 Å². The molecule has 13 heteroatoms. The fraction of sp³-hybridized carbons (Fsp3) is 0.394. The zero-order valence-corrected chi connectivity index (χ0v) is 25.1. The van der Waals surface area contributed by atoms with Crippen LogP contribution in [0, 0.1) is 11.6 Å². The lowest BCUT2D eigenvalue weighted by Gasteiger charge is -2.40. The zero-order chi connectivity index (χ0) is 32.3. The number of ether oxygens (including phenoxy) is 1. The molecule has 0 unspecified atom stereocenters. The maximum Gasteiger partial charge on any atom is 0.320 e. The van der Waals surface area contributed by atoms with Crippen LogP contribution in [0.4, 0.5) is 23.4 Å². The van der Waals surface area contributed by atoms with Crippen molar-refractivity contribution in [3.63, 3.8) is 0 Å². The zero-order valence-electron chi connectivity index (χ0n) is 25.1. The lowest BCUT2D eigenvalue weighted by Crippen LogP contribution is -2.54. The molecule has 0 aliphatic carbocycles. The van der Waals surface area contributed by atoms with Crippen LogP contribution in [0.25, 0.3) is 33.1 Å². The van der Waals surface area contributed by atoms with Crippen LogP contribution < -0.4 is 9.64 Å². The van der Waals surface area contributed by atoms with E-state index in [4.69, 9.17) is 4.74 Å². The summed E-state index contributed by atoms with van der Waals surface area (Å²) >= 11 is 0. The van der Waals surface area contributed by atoms with Gasteiger partial charge in [-0.25, -0.2) is 22.5 Å². The molecule has 9 nitrogen and oxygen atoms in total. The average Bonchev–Trinajstić information content (AvgIpc) is 3.54. The first-order chi connectivity index (χ1) is 22.0. The highest BCUT2D eigenvalue weighted by molar-refractivity contribution is 5.99. The number of nitrogens with zero attached hydrogens (tertiary/aromatic N) is 6. The maximum absolute atomic E-state index is 16.0. The van der Waals surface area contributed by atoms with Crippen LogP contribution in [0.3, 0.4) is 0 Å². The second-order valence-corrected chi connectivity index (χ2v) is 12.4. The molecule has 0 radical (unpaired) electrons. The number of phenols is 1. The van der Waals surface area contributed by atoms with Gasteiger partial charge in [-0.1, -0.05) is 18.7 Å². The molecule has 3 fully saturated rings. The molecular formula is C33H32F4N6O3. The molecule has 240 valence electrons. The molecule has 2 aromatic heterocycles. The number of pyridine rings is 1. The number of alkyl halides is 1.